The second kappa shape index (κ2) is 10.5. The molecule has 5 aromatic rings. The number of fused-ring (bicyclic) bond motifs is 4. The van der Waals surface area contributed by atoms with E-state index in [4.69, 9.17) is 22.6 Å². The molecule has 11 heteroatoms. The van der Waals surface area contributed by atoms with Gasteiger partial charge in [-0.1, -0.05) is 12.0 Å². The van der Waals surface area contributed by atoms with Crippen molar-refractivity contribution in [1.82, 2.24) is 29.8 Å². The predicted octanol–water partition coefficient (Wildman–Crippen LogP) is 4.01. The fourth-order valence-electron chi connectivity index (χ4n) is 6.09. The van der Waals surface area contributed by atoms with Crippen LogP contribution in [0.3, 0.4) is 0 Å². The minimum atomic E-state index is -0.825. The number of aromatic nitrogens is 5. The zero-order chi connectivity index (χ0) is 29.7. The van der Waals surface area contributed by atoms with Crippen LogP contribution < -0.4 is 15.0 Å². The molecule has 0 spiro atoms. The third-order valence-corrected chi connectivity index (χ3v) is 7.99. The van der Waals surface area contributed by atoms with E-state index in [1.165, 1.54) is 24.3 Å². The Morgan fingerprint density at radius 3 is 2.58 bits per heavy atom. The van der Waals surface area contributed by atoms with Crippen molar-refractivity contribution in [3.05, 3.63) is 65.9 Å². The van der Waals surface area contributed by atoms with Gasteiger partial charge in [-0.05, 0) is 42.3 Å². The molecule has 3 aromatic heterocycles. The van der Waals surface area contributed by atoms with Crippen molar-refractivity contribution < 1.29 is 18.6 Å². The number of hydrogen-bond acceptors (Lipinski definition) is 8. The van der Waals surface area contributed by atoms with E-state index in [9.17, 15) is 9.50 Å². The summed E-state index contributed by atoms with van der Waals surface area (Å²) in [4.78, 5) is 19.8. The third kappa shape index (κ3) is 4.64. The lowest BCUT2D eigenvalue weighted by Gasteiger charge is -2.34. The molecule has 214 valence electrons. The smallest absolute Gasteiger partial charge is 0.319 e. The van der Waals surface area contributed by atoms with Crippen molar-refractivity contribution >= 4 is 27.5 Å². The number of hydrogen-bond donors (Lipinski definition) is 2. The number of terminal acetylenes is 2. The summed E-state index contributed by atoms with van der Waals surface area (Å²) in [6.45, 7) is 1.97. The zero-order valence-corrected chi connectivity index (χ0v) is 22.9. The van der Waals surface area contributed by atoms with Gasteiger partial charge in [-0.3, -0.25) is 0 Å². The molecule has 0 saturated carbocycles. The van der Waals surface area contributed by atoms with Crippen LogP contribution >= 0.6 is 0 Å². The van der Waals surface area contributed by atoms with Crippen LogP contribution in [0.2, 0.25) is 0 Å². The van der Waals surface area contributed by atoms with Crippen LogP contribution in [-0.2, 0) is 6.54 Å². The highest BCUT2D eigenvalue weighted by molar-refractivity contribution is 6.04. The number of halogens is 2. The Labute approximate surface area is 245 Å². The minimum Gasteiger partial charge on any atom is -0.508 e. The molecule has 2 fully saturated rings. The normalized spacial score (nSPS) is 17.7. The largest absolute Gasteiger partial charge is 0.508 e. The lowest BCUT2D eigenvalue weighted by atomic mass is 9.95. The topological polar surface area (TPSA) is 101 Å². The van der Waals surface area contributed by atoms with E-state index in [1.54, 1.807) is 18.7 Å². The van der Waals surface area contributed by atoms with Gasteiger partial charge in [0, 0.05) is 48.5 Å². The van der Waals surface area contributed by atoms with Gasteiger partial charge in [-0.15, -0.1) is 12.8 Å². The summed E-state index contributed by atoms with van der Waals surface area (Å²) in [6.07, 6.45) is 18.8. The number of anilines is 1. The number of nitrogens with zero attached hydrogens (tertiary/aromatic N) is 6. The van der Waals surface area contributed by atoms with E-state index in [0.29, 0.717) is 30.8 Å². The quantitative estimate of drug-likeness (QED) is 0.292. The number of aromatic hydroxyl groups is 1. The number of phenols is 1. The molecule has 5 heterocycles. The minimum absolute atomic E-state index is 0.0244. The summed E-state index contributed by atoms with van der Waals surface area (Å²) in [6, 6.07) is 5.87. The average molecular weight is 578 g/mol. The molecule has 0 radical (unpaired) electrons. The highest BCUT2D eigenvalue weighted by atomic mass is 19.1. The van der Waals surface area contributed by atoms with Gasteiger partial charge in [-0.25, -0.2) is 18.7 Å². The lowest BCUT2D eigenvalue weighted by molar-refractivity contribution is 0.276. The molecule has 2 aromatic carbocycles. The highest BCUT2D eigenvalue weighted by Crippen LogP contribution is 2.40. The predicted molar refractivity (Wildman–Crippen MR) is 158 cm³/mol. The van der Waals surface area contributed by atoms with Gasteiger partial charge in [-0.2, -0.15) is 9.97 Å². The van der Waals surface area contributed by atoms with Crippen LogP contribution in [0.15, 0.2) is 43.0 Å². The zero-order valence-electron chi connectivity index (χ0n) is 22.9. The maximum atomic E-state index is 16.8. The summed E-state index contributed by atoms with van der Waals surface area (Å²) in [5.41, 5.74) is -0.215. The molecule has 0 amide bonds. The molecular weight excluding hydrogens is 552 g/mol. The highest BCUT2D eigenvalue weighted by Gasteiger charge is 2.35. The fourth-order valence-corrected chi connectivity index (χ4v) is 6.09. The number of benzene rings is 2. The SMILES string of the molecule is C#Cc1c(F)ccc2cc(O)cc(-c3nc(C#C)c4c(N5CC6CCC(C5)N6)nc(OCCn5ccnc5)nc4c3F)c12. The van der Waals surface area contributed by atoms with Gasteiger partial charge in [0.15, 0.2) is 5.82 Å². The Bertz CT molecular complexity index is 1970. The molecular formula is C32H25F2N7O2. The first kappa shape index (κ1) is 26.6. The Morgan fingerprint density at radius 1 is 1.05 bits per heavy atom. The molecule has 9 nitrogen and oxygen atoms in total. The molecule has 2 N–H and O–H groups in total. The molecule has 2 bridgehead atoms. The summed E-state index contributed by atoms with van der Waals surface area (Å²) >= 11 is 0. The van der Waals surface area contributed by atoms with Crippen molar-refractivity contribution in [3.63, 3.8) is 0 Å². The number of rotatable bonds is 6. The second-order valence-electron chi connectivity index (χ2n) is 10.7. The standard InChI is InChI=1S/C32H25F2N7O2/c1-3-22-24(33)8-5-18-13-21(42)14-23(26(18)22)29-28(34)30-27(25(4-2)37-29)31(41-15-19-6-7-20(16-41)36-19)39-32(38-30)43-12-11-40-10-9-35-17-40/h1-2,5,8-10,13-14,17,19-20,36,42H,6-7,11-12,15-16H2. The van der Waals surface area contributed by atoms with Crippen LogP contribution in [0.5, 0.6) is 11.8 Å². The summed E-state index contributed by atoms with van der Waals surface area (Å²) in [7, 11) is 0. The van der Waals surface area contributed by atoms with E-state index in [2.05, 4.69) is 37.0 Å². The van der Waals surface area contributed by atoms with E-state index in [1.807, 2.05) is 4.57 Å². The van der Waals surface area contributed by atoms with Crippen LogP contribution in [0.4, 0.5) is 14.6 Å². The fraction of sp³-hybridized carbons (Fsp3) is 0.250. The monoisotopic (exact) mass is 577 g/mol. The van der Waals surface area contributed by atoms with Gasteiger partial charge in [0.2, 0.25) is 0 Å². The number of ether oxygens (including phenoxy) is 1. The number of nitrogens with one attached hydrogen (secondary N) is 1. The van der Waals surface area contributed by atoms with Crippen molar-refractivity contribution in [1.29, 1.82) is 0 Å². The number of piperazine rings is 1. The third-order valence-electron chi connectivity index (χ3n) is 7.99. The summed E-state index contributed by atoms with van der Waals surface area (Å²) in [5.74, 6) is 3.70. The van der Waals surface area contributed by atoms with Crippen molar-refractivity contribution in [2.45, 2.75) is 31.5 Å². The Hall–Kier alpha value is -5.26. The van der Waals surface area contributed by atoms with Crippen LogP contribution in [0, 0.1) is 36.3 Å². The molecule has 7 rings (SSSR count). The summed E-state index contributed by atoms with van der Waals surface area (Å²) in [5, 5.41) is 15.0. The van der Waals surface area contributed by atoms with Crippen LogP contribution in [-0.4, -0.2) is 61.4 Å². The second-order valence-corrected chi connectivity index (χ2v) is 10.7. The maximum absolute atomic E-state index is 16.8. The average Bonchev–Trinajstić information content (AvgIpc) is 3.65. The van der Waals surface area contributed by atoms with E-state index in [-0.39, 0.29) is 69.3 Å². The first-order valence-electron chi connectivity index (χ1n) is 13.8. The molecule has 43 heavy (non-hydrogen) atoms. The van der Waals surface area contributed by atoms with Crippen LogP contribution in [0.1, 0.15) is 24.1 Å². The van der Waals surface area contributed by atoms with E-state index in [0.717, 1.165) is 12.8 Å². The number of pyridine rings is 1. The molecule has 2 aliphatic heterocycles. The first-order chi connectivity index (χ1) is 20.9. The van der Waals surface area contributed by atoms with Crippen LogP contribution in [0.25, 0.3) is 32.9 Å². The van der Waals surface area contributed by atoms with E-state index >= 15 is 4.39 Å². The molecule has 2 saturated heterocycles. The molecule has 2 aliphatic rings. The first-order valence-corrected chi connectivity index (χ1v) is 13.8. The van der Waals surface area contributed by atoms with Gasteiger partial charge in [0.05, 0.1) is 23.8 Å². The number of imidazole rings is 1. The van der Waals surface area contributed by atoms with Crippen molar-refractivity contribution in [3.8, 4) is 47.7 Å². The Kier molecular flexibility index (Phi) is 6.52. The summed E-state index contributed by atoms with van der Waals surface area (Å²) < 4.78 is 39.3. The van der Waals surface area contributed by atoms with Crippen molar-refractivity contribution in [2.24, 2.45) is 0 Å². The van der Waals surface area contributed by atoms with Crippen molar-refractivity contribution in [2.75, 3.05) is 24.6 Å². The Morgan fingerprint density at radius 2 is 1.86 bits per heavy atom. The number of phenolic OH excluding ortho intramolecular Hbond substituents is 1. The maximum Gasteiger partial charge on any atom is 0.319 e. The van der Waals surface area contributed by atoms with Gasteiger partial charge < -0.3 is 24.6 Å². The molecule has 0 aliphatic carbocycles. The van der Waals surface area contributed by atoms with Gasteiger partial charge >= 0.3 is 6.01 Å². The lowest BCUT2D eigenvalue weighted by Crippen LogP contribution is -2.51. The molecule has 2 atom stereocenters. The Balaban J connectivity index is 1.44. The molecule has 2 unspecified atom stereocenters. The van der Waals surface area contributed by atoms with Gasteiger partial charge in [0.1, 0.15) is 40.9 Å². The van der Waals surface area contributed by atoms with E-state index < -0.39 is 11.6 Å². The van der Waals surface area contributed by atoms with Gasteiger partial charge in [0.25, 0.3) is 0 Å².